The van der Waals surface area contributed by atoms with Gasteiger partial charge in [0.25, 0.3) is 5.56 Å². The summed E-state index contributed by atoms with van der Waals surface area (Å²) >= 11 is 1.13. The van der Waals surface area contributed by atoms with Crippen LogP contribution < -0.4 is 16.6 Å². The number of carbonyl (C=O) groups excluding carboxylic acids is 1. The molecular weight excluding hydrogens is 404 g/mol. The number of amides is 1. The predicted octanol–water partition coefficient (Wildman–Crippen LogP) is 2.78. The number of hydrogen-bond donors (Lipinski definition) is 1. The quantitative estimate of drug-likeness (QED) is 0.541. The molecule has 1 N–H and O–H groups in total. The van der Waals surface area contributed by atoms with E-state index in [0.29, 0.717) is 10.5 Å². The number of benzene rings is 1. The van der Waals surface area contributed by atoms with E-state index in [1.165, 1.54) is 6.26 Å². The van der Waals surface area contributed by atoms with Crippen LogP contribution in [-0.2, 0) is 17.9 Å². The Morgan fingerprint density at radius 3 is 2.72 bits per heavy atom. The molecular formula is C19H13F2N3O4S. The van der Waals surface area contributed by atoms with Crippen molar-refractivity contribution >= 4 is 33.1 Å². The summed E-state index contributed by atoms with van der Waals surface area (Å²) in [7, 11) is 0. The standard InChI is InChI=1S/C19H13F2N3O4S/c20-11-3-4-13(21)14(8-11)22-16(25)10-23-15-5-7-29-17(15)18(26)24(19(23)27)9-12-2-1-6-28-12/h1-8H,9-10H2,(H,22,25). The highest BCUT2D eigenvalue weighted by Gasteiger charge is 2.18. The summed E-state index contributed by atoms with van der Waals surface area (Å²) in [4.78, 5) is 38.0. The van der Waals surface area contributed by atoms with E-state index in [-0.39, 0.29) is 17.7 Å². The lowest BCUT2D eigenvalue weighted by atomic mass is 10.3. The molecule has 0 atom stereocenters. The van der Waals surface area contributed by atoms with Gasteiger partial charge in [0.05, 0.1) is 24.0 Å². The Morgan fingerprint density at radius 1 is 1.14 bits per heavy atom. The second-order valence-corrected chi connectivity index (χ2v) is 7.06. The number of fused-ring (bicyclic) bond motifs is 1. The highest BCUT2D eigenvalue weighted by atomic mass is 32.1. The Labute approximate surface area is 165 Å². The molecule has 0 aliphatic heterocycles. The van der Waals surface area contributed by atoms with E-state index in [9.17, 15) is 23.2 Å². The number of hydrogen-bond acceptors (Lipinski definition) is 5. The molecule has 3 aromatic heterocycles. The lowest BCUT2D eigenvalue weighted by molar-refractivity contribution is -0.116. The van der Waals surface area contributed by atoms with Crippen LogP contribution in [0, 0.1) is 11.6 Å². The summed E-state index contributed by atoms with van der Waals surface area (Å²) < 4.78 is 34.7. The third kappa shape index (κ3) is 3.61. The molecule has 29 heavy (non-hydrogen) atoms. The number of rotatable bonds is 5. The molecule has 148 valence electrons. The van der Waals surface area contributed by atoms with Crippen molar-refractivity contribution < 1.29 is 18.0 Å². The van der Waals surface area contributed by atoms with Gasteiger partial charge in [-0.05, 0) is 35.7 Å². The first-order valence-electron chi connectivity index (χ1n) is 8.42. The molecule has 4 rings (SSSR count). The Kier molecular flexibility index (Phi) is 4.85. The fraction of sp³-hybridized carbons (Fsp3) is 0.105. The zero-order valence-electron chi connectivity index (χ0n) is 14.7. The normalized spacial score (nSPS) is 11.1. The maximum Gasteiger partial charge on any atom is 0.332 e. The molecule has 0 radical (unpaired) electrons. The molecule has 0 saturated heterocycles. The molecule has 7 nitrogen and oxygen atoms in total. The molecule has 0 spiro atoms. The van der Waals surface area contributed by atoms with Crippen LogP contribution in [0.15, 0.2) is 62.0 Å². The fourth-order valence-electron chi connectivity index (χ4n) is 2.91. The van der Waals surface area contributed by atoms with Gasteiger partial charge in [-0.2, -0.15) is 0 Å². The molecule has 1 amide bonds. The van der Waals surface area contributed by atoms with E-state index in [1.807, 2.05) is 0 Å². The van der Waals surface area contributed by atoms with Crippen LogP contribution in [0.3, 0.4) is 0 Å². The van der Waals surface area contributed by atoms with E-state index < -0.39 is 35.3 Å². The lowest BCUT2D eigenvalue weighted by Crippen LogP contribution is -2.41. The molecule has 0 fully saturated rings. The summed E-state index contributed by atoms with van der Waals surface area (Å²) in [5.41, 5.74) is -1.26. The summed E-state index contributed by atoms with van der Waals surface area (Å²) in [5, 5.41) is 3.88. The van der Waals surface area contributed by atoms with Crippen LogP contribution in [0.2, 0.25) is 0 Å². The monoisotopic (exact) mass is 417 g/mol. The minimum atomic E-state index is -0.810. The molecule has 4 aromatic rings. The topological polar surface area (TPSA) is 86.2 Å². The van der Waals surface area contributed by atoms with Crippen molar-refractivity contribution in [1.82, 2.24) is 9.13 Å². The SMILES string of the molecule is O=C(Cn1c(=O)n(Cc2ccco2)c(=O)c2sccc21)Nc1cc(F)ccc1F. The van der Waals surface area contributed by atoms with Crippen LogP contribution in [0.1, 0.15) is 5.76 Å². The largest absolute Gasteiger partial charge is 0.467 e. The van der Waals surface area contributed by atoms with Gasteiger partial charge in [-0.15, -0.1) is 11.3 Å². The molecule has 0 aliphatic rings. The first kappa shape index (κ1) is 18.8. The van der Waals surface area contributed by atoms with E-state index in [0.717, 1.165) is 38.7 Å². The van der Waals surface area contributed by atoms with Crippen molar-refractivity contribution in [3.05, 3.63) is 86.3 Å². The first-order valence-corrected chi connectivity index (χ1v) is 9.30. The van der Waals surface area contributed by atoms with Gasteiger partial charge in [-0.25, -0.2) is 13.6 Å². The van der Waals surface area contributed by atoms with Crippen molar-refractivity contribution in [2.75, 3.05) is 5.32 Å². The van der Waals surface area contributed by atoms with Gasteiger partial charge in [0.15, 0.2) is 0 Å². The number of nitrogens with one attached hydrogen (secondary N) is 1. The molecule has 0 unspecified atom stereocenters. The number of nitrogens with zero attached hydrogens (tertiary/aromatic N) is 2. The smallest absolute Gasteiger partial charge is 0.332 e. The number of halogens is 2. The van der Waals surface area contributed by atoms with E-state index >= 15 is 0 Å². The van der Waals surface area contributed by atoms with Crippen LogP contribution in [0.4, 0.5) is 14.5 Å². The van der Waals surface area contributed by atoms with Gasteiger partial charge in [0, 0.05) is 6.07 Å². The number of carbonyl (C=O) groups is 1. The van der Waals surface area contributed by atoms with Crippen molar-refractivity contribution in [3.63, 3.8) is 0 Å². The fourth-order valence-corrected chi connectivity index (χ4v) is 3.75. The summed E-state index contributed by atoms with van der Waals surface area (Å²) in [6.07, 6.45) is 1.42. The number of anilines is 1. The molecule has 0 bridgehead atoms. The molecule has 10 heteroatoms. The third-order valence-electron chi connectivity index (χ3n) is 4.23. The van der Waals surface area contributed by atoms with Crippen molar-refractivity contribution in [2.24, 2.45) is 0 Å². The highest BCUT2D eigenvalue weighted by molar-refractivity contribution is 7.17. The average Bonchev–Trinajstić information content (AvgIpc) is 3.37. The molecule has 0 aliphatic carbocycles. The van der Waals surface area contributed by atoms with Gasteiger partial charge in [-0.3, -0.25) is 18.7 Å². The van der Waals surface area contributed by atoms with Gasteiger partial charge in [0.2, 0.25) is 5.91 Å². The maximum absolute atomic E-state index is 13.8. The Hall–Kier alpha value is -3.53. The maximum atomic E-state index is 13.8. The Balaban J connectivity index is 1.72. The average molecular weight is 417 g/mol. The first-order chi connectivity index (χ1) is 13.9. The van der Waals surface area contributed by atoms with Crippen LogP contribution in [-0.4, -0.2) is 15.0 Å². The van der Waals surface area contributed by atoms with Crippen molar-refractivity contribution in [3.8, 4) is 0 Å². The van der Waals surface area contributed by atoms with Crippen molar-refractivity contribution in [2.45, 2.75) is 13.1 Å². The minimum absolute atomic E-state index is 0.0986. The molecule has 3 heterocycles. The number of aromatic nitrogens is 2. The second kappa shape index (κ2) is 7.47. The van der Waals surface area contributed by atoms with Crippen molar-refractivity contribution in [1.29, 1.82) is 0 Å². The second-order valence-electron chi connectivity index (χ2n) is 6.15. The van der Waals surface area contributed by atoms with Gasteiger partial charge in [0.1, 0.15) is 28.6 Å². The van der Waals surface area contributed by atoms with Gasteiger partial charge in [-0.1, -0.05) is 0 Å². The van der Waals surface area contributed by atoms with Crippen LogP contribution >= 0.6 is 11.3 Å². The van der Waals surface area contributed by atoms with E-state index in [2.05, 4.69) is 5.32 Å². The molecule has 0 saturated carbocycles. The van der Waals surface area contributed by atoms with Gasteiger partial charge < -0.3 is 9.73 Å². The number of furan rings is 1. The third-order valence-corrected chi connectivity index (χ3v) is 5.13. The summed E-state index contributed by atoms with van der Waals surface area (Å²) in [6, 6.07) is 7.45. The van der Waals surface area contributed by atoms with E-state index in [1.54, 1.807) is 23.6 Å². The Bertz CT molecular complexity index is 1320. The summed E-state index contributed by atoms with van der Waals surface area (Å²) in [5.74, 6) is -1.87. The van der Waals surface area contributed by atoms with Crippen LogP contribution in [0.25, 0.3) is 10.2 Å². The highest BCUT2D eigenvalue weighted by Crippen LogP contribution is 2.17. The predicted molar refractivity (Wildman–Crippen MR) is 103 cm³/mol. The Morgan fingerprint density at radius 2 is 1.97 bits per heavy atom. The van der Waals surface area contributed by atoms with E-state index in [4.69, 9.17) is 4.42 Å². The number of thiophene rings is 1. The lowest BCUT2D eigenvalue weighted by Gasteiger charge is -2.12. The van der Waals surface area contributed by atoms with Gasteiger partial charge >= 0.3 is 5.69 Å². The zero-order chi connectivity index (χ0) is 20.5. The zero-order valence-corrected chi connectivity index (χ0v) is 15.5. The molecule has 1 aromatic carbocycles. The minimum Gasteiger partial charge on any atom is -0.467 e. The van der Waals surface area contributed by atoms with Crippen LogP contribution in [0.5, 0.6) is 0 Å². The summed E-state index contributed by atoms with van der Waals surface area (Å²) in [6.45, 7) is -0.584.